The smallest absolute Gasteiger partial charge is 0.243 e. The molecule has 0 N–H and O–H groups in total. The first-order valence-corrected chi connectivity index (χ1v) is 11.6. The summed E-state index contributed by atoms with van der Waals surface area (Å²) in [6, 6.07) is 14.6. The van der Waals surface area contributed by atoms with Crippen molar-refractivity contribution in [1.82, 2.24) is 19.3 Å². The lowest BCUT2D eigenvalue weighted by molar-refractivity contribution is 0.201. The topological polar surface area (TPSA) is 77.3 Å². The minimum absolute atomic E-state index is 0.0217. The van der Waals surface area contributed by atoms with Crippen molar-refractivity contribution in [2.24, 2.45) is 0 Å². The summed E-state index contributed by atoms with van der Waals surface area (Å²) in [5.74, 6) is 0.763. The Balaban J connectivity index is 1.58. The summed E-state index contributed by atoms with van der Waals surface area (Å²) in [4.78, 5) is 0.339. The molecule has 0 unspecified atom stereocenters. The van der Waals surface area contributed by atoms with Crippen LogP contribution >= 0.6 is 0 Å². The summed E-state index contributed by atoms with van der Waals surface area (Å²) in [6.45, 7) is 2.22. The van der Waals surface area contributed by atoms with Crippen LogP contribution in [0, 0.1) is 6.92 Å². The molecule has 1 aliphatic carbocycles. The van der Waals surface area contributed by atoms with Crippen LogP contribution in [-0.2, 0) is 16.6 Å². The number of fused-ring (bicyclic) bond motifs is 3. The van der Waals surface area contributed by atoms with Gasteiger partial charge in [-0.3, -0.25) is 0 Å². The van der Waals surface area contributed by atoms with E-state index in [1.807, 2.05) is 48.0 Å². The highest BCUT2D eigenvalue weighted by atomic mass is 32.2. The predicted octanol–water partition coefficient (Wildman–Crippen LogP) is 3.56. The number of hydrogen-bond acceptors (Lipinski definition) is 5. The lowest BCUT2D eigenvalue weighted by atomic mass is 10.1. The molecule has 8 heteroatoms. The molecule has 1 aromatic heterocycles. The fraction of sp³-hybridized carbons (Fsp3) is 0.364. The Morgan fingerprint density at radius 2 is 1.70 bits per heavy atom. The van der Waals surface area contributed by atoms with Crippen molar-refractivity contribution in [2.75, 3.05) is 7.11 Å². The van der Waals surface area contributed by atoms with Crippen LogP contribution in [0.2, 0.25) is 0 Å². The molecule has 1 fully saturated rings. The van der Waals surface area contributed by atoms with E-state index in [2.05, 4.69) is 10.3 Å². The van der Waals surface area contributed by atoms with Gasteiger partial charge in [0.25, 0.3) is 0 Å². The van der Waals surface area contributed by atoms with E-state index in [1.165, 1.54) is 0 Å². The zero-order chi connectivity index (χ0) is 20.9. The van der Waals surface area contributed by atoms with E-state index in [1.54, 1.807) is 23.5 Å². The van der Waals surface area contributed by atoms with Crippen LogP contribution < -0.4 is 4.74 Å². The standard InChI is InChI=1S/C22H24N4O3S/c1-15-6-12-18(13-7-15)30(27,28)25-14-21-22(16-8-10-17(29-2)11-9-16)23-24-26(21)20-5-3-4-19(20)25/h6-13,19-20H,3-5,14H2,1-2H3/t19-,20-/m1/s1. The number of nitrogens with zero attached hydrogens (tertiary/aromatic N) is 4. The summed E-state index contributed by atoms with van der Waals surface area (Å²) < 4.78 is 36.0. The van der Waals surface area contributed by atoms with Gasteiger partial charge in [0.1, 0.15) is 11.4 Å². The fourth-order valence-corrected chi connectivity index (χ4v) is 6.26. The minimum Gasteiger partial charge on any atom is -0.497 e. The highest BCUT2D eigenvalue weighted by molar-refractivity contribution is 7.89. The van der Waals surface area contributed by atoms with Crippen molar-refractivity contribution in [3.05, 3.63) is 59.8 Å². The number of methoxy groups -OCH3 is 1. The molecule has 0 amide bonds. The minimum atomic E-state index is -3.62. The molecule has 3 aromatic rings. The Labute approximate surface area is 176 Å². The van der Waals surface area contributed by atoms with E-state index in [9.17, 15) is 8.42 Å². The van der Waals surface area contributed by atoms with Crippen LogP contribution in [0.25, 0.3) is 11.3 Å². The first kappa shape index (κ1) is 19.3. The van der Waals surface area contributed by atoms with E-state index >= 15 is 0 Å². The Kier molecular flexibility index (Phi) is 4.63. The van der Waals surface area contributed by atoms with Gasteiger partial charge in [-0.15, -0.1) is 5.10 Å². The summed E-state index contributed by atoms with van der Waals surface area (Å²) >= 11 is 0. The molecule has 0 bridgehead atoms. The second kappa shape index (κ2) is 7.21. The number of sulfonamides is 1. The Bertz CT molecular complexity index is 1170. The molecule has 30 heavy (non-hydrogen) atoms. The maximum Gasteiger partial charge on any atom is 0.243 e. The van der Waals surface area contributed by atoms with Crippen LogP contribution in [-0.4, -0.2) is 40.9 Å². The first-order valence-electron chi connectivity index (χ1n) is 10.2. The summed E-state index contributed by atoms with van der Waals surface area (Å²) in [5, 5.41) is 8.87. The highest BCUT2D eigenvalue weighted by Gasteiger charge is 2.45. The second-order valence-electron chi connectivity index (χ2n) is 7.99. The van der Waals surface area contributed by atoms with Crippen molar-refractivity contribution >= 4 is 10.0 Å². The van der Waals surface area contributed by atoms with E-state index in [0.717, 1.165) is 47.5 Å². The lowest BCUT2D eigenvalue weighted by Gasteiger charge is -2.37. The number of rotatable bonds is 4. The third-order valence-corrected chi connectivity index (χ3v) is 8.10. The van der Waals surface area contributed by atoms with E-state index in [4.69, 9.17) is 4.74 Å². The van der Waals surface area contributed by atoms with Crippen LogP contribution in [0.15, 0.2) is 53.4 Å². The number of aryl methyl sites for hydroxylation is 1. The molecule has 0 radical (unpaired) electrons. The first-order chi connectivity index (χ1) is 14.5. The zero-order valence-electron chi connectivity index (χ0n) is 17.0. The van der Waals surface area contributed by atoms with E-state index < -0.39 is 10.0 Å². The van der Waals surface area contributed by atoms with Gasteiger partial charge < -0.3 is 4.74 Å². The molecule has 2 heterocycles. The summed E-state index contributed by atoms with van der Waals surface area (Å²) in [5.41, 5.74) is 3.52. The zero-order valence-corrected chi connectivity index (χ0v) is 17.8. The molecule has 2 aromatic carbocycles. The summed E-state index contributed by atoms with van der Waals surface area (Å²) in [6.07, 6.45) is 2.72. The molecule has 1 aliphatic heterocycles. The average molecular weight is 425 g/mol. The molecular weight excluding hydrogens is 400 g/mol. The van der Waals surface area contributed by atoms with Crippen LogP contribution in [0.5, 0.6) is 5.75 Å². The van der Waals surface area contributed by atoms with Crippen LogP contribution in [0.3, 0.4) is 0 Å². The SMILES string of the molecule is COc1ccc(-c2nnn3c2CN(S(=O)(=O)c2ccc(C)cc2)[C@@H]2CCC[C@H]23)cc1. The van der Waals surface area contributed by atoms with Crippen molar-refractivity contribution in [2.45, 2.75) is 49.7 Å². The maximum absolute atomic E-state index is 13.6. The van der Waals surface area contributed by atoms with Gasteiger partial charge in [-0.1, -0.05) is 22.9 Å². The van der Waals surface area contributed by atoms with Crippen molar-refractivity contribution in [1.29, 1.82) is 0 Å². The Hall–Kier alpha value is -2.71. The quantitative estimate of drug-likeness (QED) is 0.640. The van der Waals surface area contributed by atoms with Crippen LogP contribution in [0.4, 0.5) is 0 Å². The highest BCUT2D eigenvalue weighted by Crippen LogP contribution is 2.43. The van der Waals surface area contributed by atoms with Gasteiger partial charge in [-0.05, 0) is 62.6 Å². The molecule has 5 rings (SSSR count). The van der Waals surface area contributed by atoms with Gasteiger partial charge in [0.05, 0.1) is 30.3 Å². The number of hydrogen-bond donors (Lipinski definition) is 0. The lowest BCUT2D eigenvalue weighted by Crippen LogP contribution is -2.47. The van der Waals surface area contributed by atoms with Crippen molar-refractivity contribution in [3.63, 3.8) is 0 Å². The van der Waals surface area contributed by atoms with Crippen molar-refractivity contribution in [3.8, 4) is 17.0 Å². The summed E-state index contributed by atoms with van der Waals surface area (Å²) in [7, 11) is -1.99. The van der Waals surface area contributed by atoms with Gasteiger partial charge in [0.2, 0.25) is 10.0 Å². The van der Waals surface area contributed by atoms with Crippen LogP contribution in [0.1, 0.15) is 36.6 Å². The molecule has 0 spiro atoms. The third kappa shape index (κ3) is 3.02. The third-order valence-electron chi connectivity index (χ3n) is 6.22. The Morgan fingerprint density at radius 1 is 1.00 bits per heavy atom. The predicted molar refractivity (Wildman–Crippen MR) is 113 cm³/mol. The fourth-order valence-electron chi connectivity index (χ4n) is 4.62. The van der Waals surface area contributed by atoms with Gasteiger partial charge in [-0.2, -0.15) is 4.31 Å². The Morgan fingerprint density at radius 3 is 2.40 bits per heavy atom. The van der Waals surface area contributed by atoms with Gasteiger partial charge in [-0.25, -0.2) is 13.1 Å². The van der Waals surface area contributed by atoms with Crippen molar-refractivity contribution < 1.29 is 13.2 Å². The maximum atomic E-state index is 13.6. The molecule has 156 valence electrons. The molecule has 7 nitrogen and oxygen atoms in total. The normalized spacial score (nSPS) is 21.3. The molecule has 2 aliphatic rings. The average Bonchev–Trinajstić information content (AvgIpc) is 3.40. The number of aromatic nitrogens is 3. The second-order valence-corrected chi connectivity index (χ2v) is 9.88. The molecule has 0 saturated heterocycles. The van der Waals surface area contributed by atoms with E-state index in [0.29, 0.717) is 4.90 Å². The van der Waals surface area contributed by atoms with Gasteiger partial charge in [0, 0.05) is 11.6 Å². The monoisotopic (exact) mass is 424 g/mol. The van der Waals surface area contributed by atoms with E-state index in [-0.39, 0.29) is 18.6 Å². The largest absolute Gasteiger partial charge is 0.497 e. The van der Waals surface area contributed by atoms with Gasteiger partial charge >= 0.3 is 0 Å². The molecular formula is C22H24N4O3S. The number of ether oxygens (including phenoxy) is 1. The van der Waals surface area contributed by atoms with Gasteiger partial charge in [0.15, 0.2) is 0 Å². The molecule has 2 atom stereocenters. The molecule has 1 saturated carbocycles. The number of benzene rings is 2.